The topological polar surface area (TPSA) is 70.1 Å². The number of ketones is 1. The maximum absolute atomic E-state index is 13.3. The zero-order valence-electron chi connectivity index (χ0n) is 21.4. The molecule has 2 aromatic carbocycles. The van der Waals surface area contributed by atoms with Crippen LogP contribution < -0.4 is 4.74 Å². The average molecular weight is 499 g/mol. The lowest BCUT2D eigenvalue weighted by atomic mass is 9.91. The molecule has 1 fully saturated rings. The van der Waals surface area contributed by atoms with Crippen molar-refractivity contribution in [1.82, 2.24) is 9.80 Å². The number of hydrogen-bond acceptors (Lipinski definition) is 5. The Bertz CT molecular complexity index is 1120. The van der Waals surface area contributed by atoms with Gasteiger partial charge in [0, 0.05) is 23.7 Å². The van der Waals surface area contributed by atoms with E-state index in [4.69, 9.17) is 16.3 Å². The van der Waals surface area contributed by atoms with Gasteiger partial charge in [0.05, 0.1) is 18.7 Å². The summed E-state index contributed by atoms with van der Waals surface area (Å²) in [5, 5.41) is 12.1. The summed E-state index contributed by atoms with van der Waals surface area (Å²) in [5.41, 5.74) is 3.02. The van der Waals surface area contributed by atoms with Crippen LogP contribution in [0.3, 0.4) is 0 Å². The Kier molecular flexibility index (Phi) is 8.62. The van der Waals surface area contributed by atoms with Crippen molar-refractivity contribution in [3.63, 3.8) is 0 Å². The fourth-order valence-corrected chi connectivity index (χ4v) is 4.74. The van der Waals surface area contributed by atoms with Crippen molar-refractivity contribution >= 4 is 29.1 Å². The Balaban J connectivity index is 2.19. The Labute approximate surface area is 213 Å². The number of likely N-dealkylation sites (N-methyl/N-ethyl adjacent to an activating group) is 1. The number of benzene rings is 2. The summed E-state index contributed by atoms with van der Waals surface area (Å²) in [5.74, 6) is -0.587. The van der Waals surface area contributed by atoms with Gasteiger partial charge in [-0.25, -0.2) is 0 Å². The molecule has 0 aliphatic carbocycles. The molecule has 2 aromatic rings. The first-order valence-electron chi connectivity index (χ1n) is 12.1. The molecule has 1 saturated heterocycles. The van der Waals surface area contributed by atoms with E-state index in [0.717, 1.165) is 35.5 Å². The molecule has 0 spiro atoms. The van der Waals surface area contributed by atoms with E-state index in [2.05, 4.69) is 18.7 Å². The highest BCUT2D eigenvalue weighted by Gasteiger charge is 2.46. The molecule has 35 heavy (non-hydrogen) atoms. The molecule has 0 saturated carbocycles. The molecular formula is C28H35ClN2O4. The predicted molar refractivity (Wildman–Crippen MR) is 140 cm³/mol. The number of hydrogen-bond donors (Lipinski definition) is 1. The van der Waals surface area contributed by atoms with E-state index in [0.29, 0.717) is 23.7 Å². The van der Waals surface area contributed by atoms with E-state index in [-0.39, 0.29) is 17.3 Å². The van der Waals surface area contributed by atoms with Crippen LogP contribution >= 0.6 is 11.6 Å². The number of methoxy groups -OCH3 is 1. The number of rotatable bonds is 9. The summed E-state index contributed by atoms with van der Waals surface area (Å²) in [7, 11) is 1.61. The van der Waals surface area contributed by atoms with E-state index in [9.17, 15) is 14.7 Å². The Morgan fingerprint density at radius 1 is 1.14 bits per heavy atom. The number of carbonyl (C=O) groups excluding carboxylic acids is 2. The summed E-state index contributed by atoms with van der Waals surface area (Å²) in [6, 6.07) is 10.1. The van der Waals surface area contributed by atoms with Gasteiger partial charge in [-0.1, -0.05) is 51.4 Å². The highest BCUT2D eigenvalue weighted by atomic mass is 35.5. The van der Waals surface area contributed by atoms with Gasteiger partial charge >= 0.3 is 0 Å². The van der Waals surface area contributed by atoms with Crippen molar-refractivity contribution < 1.29 is 19.4 Å². The number of carbonyl (C=O) groups is 2. The van der Waals surface area contributed by atoms with E-state index in [1.54, 1.807) is 36.3 Å². The molecule has 0 radical (unpaired) electrons. The average Bonchev–Trinajstić information content (AvgIpc) is 3.09. The molecule has 0 aromatic heterocycles. The number of amides is 1. The zero-order chi connectivity index (χ0) is 25.9. The number of aliphatic hydroxyl groups is 1. The second-order valence-corrected chi connectivity index (χ2v) is 9.57. The summed E-state index contributed by atoms with van der Waals surface area (Å²) in [4.78, 5) is 30.3. The lowest BCUT2D eigenvalue weighted by Gasteiger charge is -2.28. The van der Waals surface area contributed by atoms with Gasteiger partial charge in [-0.2, -0.15) is 0 Å². The third-order valence-electron chi connectivity index (χ3n) is 6.73. The van der Waals surface area contributed by atoms with Crippen molar-refractivity contribution in [1.29, 1.82) is 0 Å². The van der Waals surface area contributed by atoms with Crippen LogP contribution in [0.5, 0.6) is 5.75 Å². The minimum Gasteiger partial charge on any atom is -0.507 e. The molecule has 6 nitrogen and oxygen atoms in total. The zero-order valence-corrected chi connectivity index (χ0v) is 22.1. The molecule has 0 bridgehead atoms. The van der Waals surface area contributed by atoms with Crippen LogP contribution in [0.15, 0.2) is 42.0 Å². The lowest BCUT2D eigenvalue weighted by Crippen LogP contribution is -2.38. The first kappa shape index (κ1) is 26.8. The van der Waals surface area contributed by atoms with Crippen molar-refractivity contribution in [2.75, 3.05) is 33.3 Å². The third kappa shape index (κ3) is 5.39. The maximum atomic E-state index is 13.3. The fraction of sp³-hybridized carbons (Fsp3) is 0.429. The second kappa shape index (κ2) is 11.3. The molecule has 188 valence electrons. The molecule has 7 heteroatoms. The highest BCUT2D eigenvalue weighted by molar-refractivity contribution is 6.46. The normalized spacial score (nSPS) is 17.6. The van der Waals surface area contributed by atoms with E-state index in [1.165, 1.54) is 0 Å². The number of nitrogens with zero attached hydrogens (tertiary/aromatic N) is 2. The van der Waals surface area contributed by atoms with Crippen molar-refractivity contribution in [2.45, 2.75) is 46.6 Å². The van der Waals surface area contributed by atoms with E-state index >= 15 is 0 Å². The van der Waals surface area contributed by atoms with Gasteiger partial charge in [0.1, 0.15) is 11.5 Å². The standard InChI is InChI=1S/C28H35ClN2O4/c1-7-30(8-2)13-14-31-25(19-9-11-20(29)12-10-19)24(27(33)28(31)34)26(32)22-16-21(17(3)4)23(35-6)15-18(22)5/h9-12,15-17,25,32H,7-8,13-14H2,1-6H3/b26-24+. The first-order chi connectivity index (χ1) is 16.6. The summed E-state index contributed by atoms with van der Waals surface area (Å²) >= 11 is 6.12. The van der Waals surface area contributed by atoms with Gasteiger partial charge in [0.25, 0.3) is 11.7 Å². The smallest absolute Gasteiger partial charge is 0.295 e. The Morgan fingerprint density at radius 2 is 1.77 bits per heavy atom. The van der Waals surface area contributed by atoms with Crippen LogP contribution in [0.2, 0.25) is 5.02 Å². The van der Waals surface area contributed by atoms with Crippen LogP contribution in [0.4, 0.5) is 0 Å². The predicted octanol–water partition coefficient (Wildman–Crippen LogP) is 5.54. The number of aryl methyl sites for hydroxylation is 1. The molecule has 1 aliphatic heterocycles. The summed E-state index contributed by atoms with van der Waals surface area (Å²) < 4.78 is 5.54. The Morgan fingerprint density at radius 3 is 2.31 bits per heavy atom. The summed E-state index contributed by atoms with van der Waals surface area (Å²) in [6.07, 6.45) is 0. The SMILES string of the molecule is CCN(CC)CCN1C(=O)C(=O)/C(=C(/O)c2cc(C(C)C)c(OC)cc2C)C1c1ccc(Cl)cc1. The summed E-state index contributed by atoms with van der Waals surface area (Å²) in [6.45, 7) is 12.7. The first-order valence-corrected chi connectivity index (χ1v) is 12.5. The molecule has 1 heterocycles. The molecule has 3 rings (SSSR count). The van der Waals surface area contributed by atoms with E-state index in [1.807, 2.05) is 32.9 Å². The monoisotopic (exact) mass is 498 g/mol. The second-order valence-electron chi connectivity index (χ2n) is 9.13. The molecular weight excluding hydrogens is 464 g/mol. The van der Waals surface area contributed by atoms with Crippen LogP contribution in [-0.2, 0) is 9.59 Å². The van der Waals surface area contributed by atoms with Gasteiger partial charge in [-0.3, -0.25) is 9.59 Å². The van der Waals surface area contributed by atoms with E-state index < -0.39 is 17.7 Å². The maximum Gasteiger partial charge on any atom is 0.295 e. The number of Topliss-reactive ketones (excluding diaryl/α,β-unsaturated/α-hetero) is 1. The van der Waals surface area contributed by atoms with Crippen LogP contribution in [0.25, 0.3) is 5.76 Å². The third-order valence-corrected chi connectivity index (χ3v) is 6.98. The van der Waals surface area contributed by atoms with Crippen LogP contribution in [0.1, 0.15) is 61.9 Å². The van der Waals surface area contributed by atoms with Gasteiger partial charge in [0.2, 0.25) is 0 Å². The molecule has 1 amide bonds. The Hall–Kier alpha value is -2.83. The van der Waals surface area contributed by atoms with Gasteiger partial charge in [0.15, 0.2) is 0 Å². The lowest BCUT2D eigenvalue weighted by molar-refractivity contribution is -0.140. The van der Waals surface area contributed by atoms with Crippen molar-refractivity contribution in [3.8, 4) is 5.75 Å². The highest BCUT2D eigenvalue weighted by Crippen LogP contribution is 2.41. The van der Waals surface area contributed by atoms with Gasteiger partial charge < -0.3 is 19.6 Å². The number of aliphatic hydroxyl groups excluding tert-OH is 1. The molecule has 1 unspecified atom stereocenters. The number of halogens is 1. The number of likely N-dealkylation sites (tertiary alicyclic amines) is 1. The fourth-order valence-electron chi connectivity index (χ4n) is 4.62. The van der Waals surface area contributed by atoms with Crippen LogP contribution in [0, 0.1) is 6.92 Å². The van der Waals surface area contributed by atoms with Crippen LogP contribution in [-0.4, -0.2) is 59.9 Å². The molecule has 1 N–H and O–H groups in total. The number of ether oxygens (including phenoxy) is 1. The largest absolute Gasteiger partial charge is 0.507 e. The minimum absolute atomic E-state index is 0.0971. The van der Waals surface area contributed by atoms with Gasteiger partial charge in [-0.05, 0) is 66.9 Å². The van der Waals surface area contributed by atoms with Crippen molar-refractivity contribution in [3.05, 3.63) is 69.2 Å². The minimum atomic E-state index is -0.702. The quantitative estimate of drug-likeness (QED) is 0.279. The van der Waals surface area contributed by atoms with Gasteiger partial charge in [-0.15, -0.1) is 0 Å². The van der Waals surface area contributed by atoms with Crippen molar-refractivity contribution in [2.24, 2.45) is 0 Å². The molecule has 1 aliphatic rings. The molecule has 1 atom stereocenters.